The Morgan fingerprint density at radius 1 is 1.40 bits per heavy atom. The molecule has 0 radical (unpaired) electrons. The molecule has 0 aliphatic heterocycles. The molecule has 3 N–H and O–H groups in total. The second kappa shape index (κ2) is 9.74. The molecule has 1 aliphatic rings. The van der Waals surface area contributed by atoms with Crippen molar-refractivity contribution < 1.29 is 5.21 Å². The van der Waals surface area contributed by atoms with Crippen molar-refractivity contribution >= 4 is 23.0 Å². The molecule has 0 fully saturated rings. The first-order valence-corrected chi connectivity index (χ1v) is 8.57. The summed E-state index contributed by atoms with van der Waals surface area (Å²) in [5.74, 6) is 0.214. The van der Waals surface area contributed by atoms with Crippen molar-refractivity contribution in [3.05, 3.63) is 77.7 Å². The predicted octanol–water partition coefficient (Wildman–Crippen LogP) is 4.06. The average Bonchev–Trinajstić information content (AvgIpc) is 2.65. The summed E-state index contributed by atoms with van der Waals surface area (Å²) in [4.78, 5) is 4.50. The molecule has 4 nitrogen and oxygen atoms in total. The van der Waals surface area contributed by atoms with Gasteiger partial charge in [0.25, 0.3) is 0 Å². The fraction of sp³-hybridized carbons (Fsp3) is 0.250. The van der Waals surface area contributed by atoms with Crippen LogP contribution < -0.4 is 10.8 Å². The molecule has 0 heterocycles. The zero-order valence-corrected chi connectivity index (χ0v) is 15.1. The summed E-state index contributed by atoms with van der Waals surface area (Å²) in [6.07, 6.45) is 6.80. The van der Waals surface area contributed by atoms with E-state index in [4.69, 9.17) is 12.2 Å². The third-order valence-electron chi connectivity index (χ3n) is 3.98. The Balaban J connectivity index is 2.07. The first-order valence-electron chi connectivity index (χ1n) is 8.16. The number of benzene rings is 1. The lowest BCUT2D eigenvalue weighted by Crippen LogP contribution is -2.24. The highest BCUT2D eigenvalue weighted by Gasteiger charge is 2.21. The van der Waals surface area contributed by atoms with Gasteiger partial charge in [0.05, 0.1) is 0 Å². The van der Waals surface area contributed by atoms with Gasteiger partial charge in [0.15, 0.2) is 5.11 Å². The number of hydrogen-bond donors (Lipinski definition) is 3. The van der Waals surface area contributed by atoms with Crippen LogP contribution in [0.5, 0.6) is 0 Å². The van der Waals surface area contributed by atoms with E-state index in [0.29, 0.717) is 18.1 Å². The van der Waals surface area contributed by atoms with E-state index >= 15 is 0 Å². The maximum absolute atomic E-state index is 9.30. The summed E-state index contributed by atoms with van der Waals surface area (Å²) in [5, 5.41) is 12.9. The minimum absolute atomic E-state index is 0.214. The number of allylic oxidation sites excluding steroid dienone is 4. The van der Waals surface area contributed by atoms with Gasteiger partial charge in [0, 0.05) is 18.0 Å². The van der Waals surface area contributed by atoms with E-state index < -0.39 is 0 Å². The Labute approximate surface area is 154 Å². The molecule has 25 heavy (non-hydrogen) atoms. The molecule has 0 saturated heterocycles. The normalized spacial score (nSPS) is 17.9. The van der Waals surface area contributed by atoms with Gasteiger partial charge in [-0.25, -0.2) is 4.99 Å². The predicted molar refractivity (Wildman–Crippen MR) is 107 cm³/mol. The summed E-state index contributed by atoms with van der Waals surface area (Å²) in [5.41, 5.74) is 9.25. The molecule has 0 spiro atoms. The average molecular weight is 353 g/mol. The van der Waals surface area contributed by atoms with E-state index in [9.17, 15) is 5.21 Å². The zero-order valence-electron chi connectivity index (χ0n) is 14.3. The van der Waals surface area contributed by atoms with Gasteiger partial charge >= 0.3 is 0 Å². The minimum atomic E-state index is 0.214. The number of aliphatic imine (C=N–C) groups is 1. The van der Waals surface area contributed by atoms with Gasteiger partial charge in [-0.05, 0) is 61.2 Å². The molecule has 1 unspecified atom stereocenters. The van der Waals surface area contributed by atoms with Crippen molar-refractivity contribution in [2.24, 2.45) is 10.9 Å². The second-order valence-electron chi connectivity index (χ2n) is 5.86. The highest BCUT2D eigenvalue weighted by Crippen LogP contribution is 2.27. The van der Waals surface area contributed by atoms with Gasteiger partial charge in [0.2, 0.25) is 0 Å². The molecular formula is C20H23N3OS. The van der Waals surface area contributed by atoms with E-state index in [1.54, 1.807) is 12.2 Å². The highest BCUT2D eigenvalue weighted by molar-refractivity contribution is 7.80. The lowest BCUT2D eigenvalue weighted by Gasteiger charge is -2.23. The first-order chi connectivity index (χ1) is 12.1. The third kappa shape index (κ3) is 6.16. The number of nitrogens with zero attached hydrogens (tertiary/aromatic N) is 1. The number of hydrogen-bond acceptors (Lipinski definition) is 3. The third-order valence-corrected chi connectivity index (χ3v) is 4.21. The van der Waals surface area contributed by atoms with Crippen LogP contribution in [-0.4, -0.2) is 16.0 Å². The van der Waals surface area contributed by atoms with E-state index in [-0.39, 0.29) is 5.92 Å². The fourth-order valence-corrected chi connectivity index (χ4v) is 2.81. The van der Waals surface area contributed by atoms with Crippen molar-refractivity contribution in [2.45, 2.75) is 26.3 Å². The van der Waals surface area contributed by atoms with Crippen molar-refractivity contribution in [3.8, 4) is 0 Å². The largest absolute Gasteiger partial charge is 0.357 e. The van der Waals surface area contributed by atoms with Crippen LogP contribution in [0.1, 0.15) is 25.3 Å². The Morgan fingerprint density at radius 2 is 2.16 bits per heavy atom. The standard InChI is InChI=1S/C20H23N3OS/c1-3-4-8-15(2)17-11-18(13-19(12-17)23-24)22-20(25)21-14-16-9-6-5-7-10-16/h3-7,9-10,13,17,23-24H,1,11-12,14H2,2H3,(H,21,25)/b22-18-. The van der Waals surface area contributed by atoms with E-state index in [2.05, 4.69) is 28.1 Å². The summed E-state index contributed by atoms with van der Waals surface area (Å²) in [6, 6.07) is 10.0. The molecule has 1 aromatic rings. The molecule has 0 aromatic heterocycles. The van der Waals surface area contributed by atoms with Gasteiger partial charge in [-0.2, -0.15) is 0 Å². The van der Waals surface area contributed by atoms with Crippen molar-refractivity contribution in [2.75, 3.05) is 0 Å². The summed E-state index contributed by atoms with van der Waals surface area (Å²) in [6.45, 7) is 6.32. The number of hydroxylamine groups is 1. The smallest absolute Gasteiger partial charge is 0.193 e. The van der Waals surface area contributed by atoms with Gasteiger partial charge in [-0.15, -0.1) is 5.73 Å². The zero-order chi connectivity index (χ0) is 18.1. The van der Waals surface area contributed by atoms with Gasteiger partial charge in [-0.3, -0.25) is 10.7 Å². The number of thiocarbonyl (C=S) groups is 1. The van der Waals surface area contributed by atoms with Crippen LogP contribution in [-0.2, 0) is 6.54 Å². The molecule has 1 aromatic carbocycles. The van der Waals surface area contributed by atoms with Gasteiger partial charge in [0.1, 0.15) is 0 Å². The van der Waals surface area contributed by atoms with Crippen LogP contribution in [0.2, 0.25) is 0 Å². The van der Waals surface area contributed by atoms with Crippen molar-refractivity contribution in [1.82, 2.24) is 10.8 Å². The number of nitrogens with one attached hydrogen (secondary N) is 2. The lowest BCUT2D eigenvalue weighted by atomic mass is 9.86. The van der Waals surface area contributed by atoms with Crippen LogP contribution in [0, 0.1) is 5.92 Å². The molecule has 0 saturated carbocycles. The highest BCUT2D eigenvalue weighted by atomic mass is 32.1. The quantitative estimate of drug-likeness (QED) is 0.323. The monoisotopic (exact) mass is 353 g/mol. The Kier molecular flexibility index (Phi) is 7.36. The molecule has 2 rings (SSSR count). The maximum atomic E-state index is 9.30. The molecule has 130 valence electrons. The van der Waals surface area contributed by atoms with Crippen LogP contribution >= 0.6 is 12.2 Å². The van der Waals surface area contributed by atoms with Crippen LogP contribution in [0.15, 0.2) is 77.1 Å². The van der Waals surface area contributed by atoms with Gasteiger partial charge < -0.3 is 5.32 Å². The molecular weight excluding hydrogens is 330 g/mol. The van der Waals surface area contributed by atoms with E-state index in [0.717, 1.165) is 29.0 Å². The van der Waals surface area contributed by atoms with Gasteiger partial charge in [-0.1, -0.05) is 43.0 Å². The Hall–Kier alpha value is -2.46. The minimum Gasteiger partial charge on any atom is -0.357 e. The summed E-state index contributed by atoms with van der Waals surface area (Å²) < 4.78 is 0. The molecule has 1 atom stereocenters. The SMILES string of the molecule is C=CC=C=C(C)C1CC(NO)=C/C(=N\C(=S)NCc2ccccc2)C1. The fourth-order valence-electron chi connectivity index (χ4n) is 2.62. The second-order valence-corrected chi connectivity index (χ2v) is 6.25. The summed E-state index contributed by atoms with van der Waals surface area (Å²) in [7, 11) is 0. The first kappa shape index (κ1) is 18.9. The van der Waals surface area contributed by atoms with Crippen molar-refractivity contribution in [1.29, 1.82) is 0 Å². The maximum Gasteiger partial charge on any atom is 0.193 e. The molecule has 0 bridgehead atoms. The molecule has 5 heteroatoms. The van der Waals surface area contributed by atoms with Crippen LogP contribution in [0.3, 0.4) is 0 Å². The number of rotatable bonds is 5. The van der Waals surface area contributed by atoms with Crippen LogP contribution in [0.25, 0.3) is 0 Å². The Bertz CT molecular complexity index is 743. The Morgan fingerprint density at radius 3 is 2.84 bits per heavy atom. The van der Waals surface area contributed by atoms with E-state index in [1.807, 2.05) is 43.3 Å². The van der Waals surface area contributed by atoms with E-state index in [1.165, 1.54) is 0 Å². The topological polar surface area (TPSA) is 56.6 Å². The molecule has 0 amide bonds. The summed E-state index contributed by atoms with van der Waals surface area (Å²) >= 11 is 5.33. The molecule has 1 aliphatic carbocycles. The van der Waals surface area contributed by atoms with Crippen LogP contribution in [0.4, 0.5) is 0 Å². The van der Waals surface area contributed by atoms with Crippen molar-refractivity contribution in [3.63, 3.8) is 0 Å². The lowest BCUT2D eigenvalue weighted by molar-refractivity contribution is 0.192.